The van der Waals surface area contributed by atoms with Crippen LogP contribution in [-0.4, -0.2) is 7.11 Å². The molecule has 2 aliphatic carbocycles. The molecule has 1 aromatic rings. The van der Waals surface area contributed by atoms with Gasteiger partial charge in [-0.15, -0.1) is 0 Å². The summed E-state index contributed by atoms with van der Waals surface area (Å²) in [5.74, 6) is 3.99. The van der Waals surface area contributed by atoms with Gasteiger partial charge in [0.15, 0.2) is 0 Å². The molecule has 2 aliphatic rings. The van der Waals surface area contributed by atoms with Crippen LogP contribution in [0.2, 0.25) is 0 Å². The van der Waals surface area contributed by atoms with E-state index in [1.165, 1.54) is 43.2 Å². The Labute approximate surface area is 124 Å². The van der Waals surface area contributed by atoms with E-state index in [0.29, 0.717) is 4.83 Å². The van der Waals surface area contributed by atoms with E-state index in [-0.39, 0.29) is 0 Å². The monoisotopic (exact) mass is 322 g/mol. The fraction of sp³-hybridized carbons (Fsp3) is 0.647. The van der Waals surface area contributed by atoms with E-state index < -0.39 is 0 Å². The van der Waals surface area contributed by atoms with Gasteiger partial charge in [-0.1, -0.05) is 40.0 Å². The zero-order valence-corrected chi connectivity index (χ0v) is 13.4. The Balaban J connectivity index is 1.73. The van der Waals surface area contributed by atoms with Crippen molar-refractivity contribution in [3.8, 4) is 5.75 Å². The molecule has 2 bridgehead atoms. The summed E-state index contributed by atoms with van der Waals surface area (Å²) in [5.41, 5.74) is 2.64. The SMILES string of the molecule is COc1ccc(C)cc1C(Br)CC1CC2CCC1C2. The summed E-state index contributed by atoms with van der Waals surface area (Å²) in [6.45, 7) is 2.15. The second kappa shape index (κ2) is 5.47. The van der Waals surface area contributed by atoms with Crippen molar-refractivity contribution in [2.24, 2.45) is 17.8 Å². The number of benzene rings is 1. The summed E-state index contributed by atoms with van der Waals surface area (Å²) in [7, 11) is 1.77. The van der Waals surface area contributed by atoms with E-state index in [9.17, 15) is 0 Å². The topological polar surface area (TPSA) is 9.23 Å². The second-order valence-corrected chi connectivity index (χ2v) is 7.49. The molecular weight excluding hydrogens is 300 g/mol. The molecule has 0 amide bonds. The van der Waals surface area contributed by atoms with Crippen LogP contribution in [0.4, 0.5) is 0 Å². The van der Waals surface area contributed by atoms with Crippen LogP contribution in [0.3, 0.4) is 0 Å². The second-order valence-electron chi connectivity index (χ2n) is 6.38. The number of hydrogen-bond donors (Lipinski definition) is 0. The zero-order chi connectivity index (χ0) is 13.4. The fourth-order valence-electron chi connectivity index (χ4n) is 4.16. The van der Waals surface area contributed by atoms with Crippen LogP contribution in [0.15, 0.2) is 18.2 Å². The maximum Gasteiger partial charge on any atom is 0.123 e. The van der Waals surface area contributed by atoms with Gasteiger partial charge in [-0.2, -0.15) is 0 Å². The summed E-state index contributed by atoms with van der Waals surface area (Å²) in [4.78, 5) is 0.437. The molecule has 3 rings (SSSR count). The van der Waals surface area contributed by atoms with Crippen molar-refractivity contribution in [3.05, 3.63) is 29.3 Å². The van der Waals surface area contributed by atoms with Gasteiger partial charge in [0.1, 0.15) is 5.75 Å². The highest BCUT2D eigenvalue weighted by Crippen LogP contribution is 2.52. The highest BCUT2D eigenvalue weighted by molar-refractivity contribution is 9.09. The van der Waals surface area contributed by atoms with E-state index in [1.807, 2.05) is 0 Å². The van der Waals surface area contributed by atoms with Crippen LogP contribution in [0.25, 0.3) is 0 Å². The molecule has 2 saturated carbocycles. The summed E-state index contributed by atoms with van der Waals surface area (Å²) in [6.07, 6.45) is 7.18. The lowest BCUT2D eigenvalue weighted by atomic mass is 9.84. The summed E-state index contributed by atoms with van der Waals surface area (Å²) in [6, 6.07) is 6.49. The van der Waals surface area contributed by atoms with Crippen molar-refractivity contribution in [2.45, 2.75) is 43.9 Å². The third-order valence-corrected chi connectivity index (χ3v) is 5.98. The van der Waals surface area contributed by atoms with Crippen molar-refractivity contribution < 1.29 is 4.74 Å². The molecule has 2 heteroatoms. The number of fused-ring (bicyclic) bond motifs is 2. The number of hydrogen-bond acceptors (Lipinski definition) is 1. The smallest absolute Gasteiger partial charge is 0.123 e. The quantitative estimate of drug-likeness (QED) is 0.686. The molecule has 0 aliphatic heterocycles. The van der Waals surface area contributed by atoms with Crippen molar-refractivity contribution >= 4 is 15.9 Å². The molecule has 0 saturated heterocycles. The first-order chi connectivity index (χ1) is 9.17. The number of rotatable bonds is 4. The van der Waals surface area contributed by atoms with Gasteiger partial charge in [0, 0.05) is 10.4 Å². The van der Waals surface area contributed by atoms with Crippen molar-refractivity contribution in [1.29, 1.82) is 0 Å². The minimum Gasteiger partial charge on any atom is -0.496 e. The summed E-state index contributed by atoms with van der Waals surface area (Å²) >= 11 is 3.91. The first-order valence-electron chi connectivity index (χ1n) is 7.46. The number of alkyl halides is 1. The lowest BCUT2D eigenvalue weighted by molar-refractivity contribution is 0.312. The van der Waals surface area contributed by atoms with E-state index >= 15 is 0 Å². The average molecular weight is 323 g/mol. The highest BCUT2D eigenvalue weighted by Gasteiger charge is 2.40. The summed E-state index contributed by atoms with van der Waals surface area (Å²) < 4.78 is 5.52. The standard InChI is InChI=1S/C17H23BrO/c1-11-3-6-17(19-2)15(7-11)16(18)10-14-9-12-4-5-13(14)8-12/h3,6-7,12-14,16H,4-5,8-10H2,1-2H3. The van der Waals surface area contributed by atoms with Crippen molar-refractivity contribution in [1.82, 2.24) is 0 Å². The first-order valence-corrected chi connectivity index (χ1v) is 8.37. The van der Waals surface area contributed by atoms with E-state index in [1.54, 1.807) is 7.11 Å². The Morgan fingerprint density at radius 2 is 2.16 bits per heavy atom. The Kier molecular flexibility index (Phi) is 3.88. The molecule has 104 valence electrons. The lowest BCUT2D eigenvalue weighted by Gasteiger charge is -2.25. The minimum absolute atomic E-state index is 0.437. The van der Waals surface area contributed by atoms with Crippen LogP contribution in [0.1, 0.15) is 48.1 Å². The number of halogens is 1. The maximum atomic E-state index is 5.52. The van der Waals surface area contributed by atoms with Gasteiger partial charge in [0.25, 0.3) is 0 Å². The van der Waals surface area contributed by atoms with Crippen LogP contribution in [0, 0.1) is 24.7 Å². The molecule has 0 spiro atoms. The van der Waals surface area contributed by atoms with Crippen LogP contribution in [0.5, 0.6) is 5.75 Å². The molecular formula is C17H23BrO. The molecule has 19 heavy (non-hydrogen) atoms. The van der Waals surface area contributed by atoms with Gasteiger partial charge in [-0.25, -0.2) is 0 Å². The van der Waals surface area contributed by atoms with Crippen LogP contribution < -0.4 is 4.74 Å². The Morgan fingerprint density at radius 1 is 1.32 bits per heavy atom. The Bertz CT molecular complexity index is 457. The molecule has 0 heterocycles. The average Bonchev–Trinajstić information content (AvgIpc) is 3.01. The van der Waals surface area contributed by atoms with E-state index in [0.717, 1.165) is 23.5 Å². The van der Waals surface area contributed by atoms with Gasteiger partial charge in [-0.05, 0) is 56.4 Å². The Morgan fingerprint density at radius 3 is 2.79 bits per heavy atom. The molecule has 4 atom stereocenters. The van der Waals surface area contributed by atoms with Crippen LogP contribution in [-0.2, 0) is 0 Å². The van der Waals surface area contributed by atoms with Crippen molar-refractivity contribution in [3.63, 3.8) is 0 Å². The maximum absolute atomic E-state index is 5.52. The zero-order valence-electron chi connectivity index (χ0n) is 11.9. The predicted octanol–water partition coefficient (Wildman–Crippen LogP) is 5.27. The molecule has 4 unspecified atom stereocenters. The molecule has 0 aromatic heterocycles. The van der Waals surface area contributed by atoms with Gasteiger partial charge >= 0.3 is 0 Å². The molecule has 2 fully saturated rings. The third-order valence-electron chi connectivity index (χ3n) is 5.12. The van der Waals surface area contributed by atoms with E-state index in [4.69, 9.17) is 4.74 Å². The normalized spacial score (nSPS) is 30.6. The van der Waals surface area contributed by atoms with Crippen molar-refractivity contribution in [2.75, 3.05) is 7.11 Å². The number of aryl methyl sites for hydroxylation is 1. The predicted molar refractivity (Wildman–Crippen MR) is 83.0 cm³/mol. The lowest BCUT2D eigenvalue weighted by Crippen LogP contribution is -2.12. The highest BCUT2D eigenvalue weighted by atomic mass is 79.9. The molecule has 1 aromatic carbocycles. The van der Waals surface area contributed by atoms with Gasteiger partial charge in [0.2, 0.25) is 0 Å². The minimum atomic E-state index is 0.437. The van der Waals surface area contributed by atoms with E-state index in [2.05, 4.69) is 41.1 Å². The molecule has 0 radical (unpaired) electrons. The molecule has 1 nitrogen and oxygen atoms in total. The number of ether oxygens (including phenoxy) is 1. The largest absolute Gasteiger partial charge is 0.496 e. The summed E-state index contributed by atoms with van der Waals surface area (Å²) in [5, 5.41) is 0. The third kappa shape index (κ3) is 2.69. The van der Waals surface area contributed by atoms with Gasteiger partial charge in [-0.3, -0.25) is 0 Å². The first kappa shape index (κ1) is 13.5. The molecule has 0 N–H and O–H groups in total. The van der Waals surface area contributed by atoms with Gasteiger partial charge < -0.3 is 4.74 Å². The number of methoxy groups -OCH3 is 1. The van der Waals surface area contributed by atoms with Crippen LogP contribution >= 0.6 is 15.9 Å². The Hall–Kier alpha value is -0.500. The van der Waals surface area contributed by atoms with Gasteiger partial charge in [0.05, 0.1) is 7.11 Å². The fourth-order valence-corrected chi connectivity index (χ4v) is 4.99.